The molecule has 0 bridgehead atoms. The van der Waals surface area contributed by atoms with Crippen LogP contribution < -0.4 is 0 Å². The van der Waals surface area contributed by atoms with Gasteiger partial charge in [0.25, 0.3) is 0 Å². The fourth-order valence-electron chi connectivity index (χ4n) is 4.08. The molecule has 22 heavy (non-hydrogen) atoms. The molecule has 2 rings (SSSR count). The normalized spacial score (nSPS) is 21.0. The molecule has 1 aliphatic rings. The van der Waals surface area contributed by atoms with E-state index in [1.165, 1.54) is 57.4 Å². The van der Waals surface area contributed by atoms with E-state index < -0.39 is 18.4 Å². The van der Waals surface area contributed by atoms with Gasteiger partial charge < -0.3 is 0 Å². The second kappa shape index (κ2) is 8.73. The van der Waals surface area contributed by atoms with Crippen LogP contribution in [-0.4, -0.2) is 25.0 Å². The van der Waals surface area contributed by atoms with Gasteiger partial charge >= 0.3 is 142 Å². The maximum absolute atomic E-state index is 6.33. The predicted octanol–water partition coefficient (Wildman–Crippen LogP) is 6.30. The minimum atomic E-state index is -2.35. The topological polar surface area (TPSA) is 12.5 Å². The molecule has 0 saturated carbocycles. The first-order valence-electron chi connectivity index (χ1n) is 9.44. The Morgan fingerprint density at radius 1 is 0.864 bits per heavy atom. The van der Waals surface area contributed by atoms with Gasteiger partial charge in [-0.05, 0) is 0 Å². The van der Waals surface area contributed by atoms with E-state index in [9.17, 15) is 0 Å². The van der Waals surface area contributed by atoms with Gasteiger partial charge in [0.1, 0.15) is 0 Å². The summed E-state index contributed by atoms with van der Waals surface area (Å²) in [5, 5.41) is 0. The van der Waals surface area contributed by atoms with Gasteiger partial charge in [0.15, 0.2) is 0 Å². The molecule has 0 radical (unpaired) electrons. The summed E-state index contributed by atoms with van der Waals surface area (Å²) >= 11 is -2.35. The van der Waals surface area contributed by atoms with Crippen molar-refractivity contribution >= 4 is 18.4 Å². The van der Waals surface area contributed by atoms with Gasteiger partial charge in [-0.15, -0.1) is 0 Å². The van der Waals surface area contributed by atoms with Gasteiger partial charge in [-0.3, -0.25) is 0 Å². The fraction of sp³-hybridized carbons (Fsp3) is 0.700. The fourth-order valence-corrected chi connectivity index (χ4v) is 22.7. The summed E-state index contributed by atoms with van der Waals surface area (Å²) in [6.45, 7) is 8.06. The minimum absolute atomic E-state index is 0.218. The molecule has 1 heterocycles. The third-order valence-corrected chi connectivity index (χ3v) is 23.3. The van der Waals surface area contributed by atoms with Crippen LogP contribution in [-0.2, 0) is 8.35 Å². The van der Waals surface area contributed by atoms with Crippen LogP contribution in [0.15, 0.2) is 30.3 Å². The number of benzene rings is 1. The number of epoxide rings is 1. The SMILES string of the molecule is CCC[CH2][Sn]([CH2]CCC)([CH2]CCC)[C]1(c2ccccc2)CO1. The Morgan fingerprint density at radius 2 is 1.32 bits per heavy atom. The Kier molecular flexibility index (Phi) is 7.27. The molecular weight excluding hydrogens is 375 g/mol. The monoisotopic (exact) mass is 410 g/mol. The maximum atomic E-state index is 6.33. The zero-order valence-corrected chi connectivity index (χ0v) is 17.7. The zero-order valence-electron chi connectivity index (χ0n) is 14.9. The summed E-state index contributed by atoms with van der Waals surface area (Å²) in [6, 6.07) is 11.2. The van der Waals surface area contributed by atoms with Gasteiger partial charge in [-0.2, -0.15) is 0 Å². The van der Waals surface area contributed by atoms with E-state index in [-0.39, 0.29) is 3.62 Å². The molecule has 0 amide bonds. The first kappa shape index (κ1) is 18.3. The molecule has 1 atom stereocenters. The average Bonchev–Trinajstić information content (AvgIpc) is 3.38. The molecule has 1 unspecified atom stereocenters. The summed E-state index contributed by atoms with van der Waals surface area (Å²) in [5.74, 6) is 0. The predicted molar refractivity (Wildman–Crippen MR) is 99.0 cm³/mol. The molecule has 2 heteroatoms. The summed E-state index contributed by atoms with van der Waals surface area (Å²) in [4.78, 5) is 0. The quantitative estimate of drug-likeness (QED) is 0.309. The Balaban J connectivity index is 2.31. The number of unbranched alkanes of at least 4 members (excludes halogenated alkanes) is 3. The van der Waals surface area contributed by atoms with Crippen molar-refractivity contribution in [2.24, 2.45) is 0 Å². The third kappa shape index (κ3) is 3.90. The summed E-state index contributed by atoms with van der Waals surface area (Å²) in [6.07, 6.45) is 8.26. The van der Waals surface area contributed by atoms with Crippen LogP contribution in [0.25, 0.3) is 0 Å². The number of rotatable bonds is 11. The third-order valence-electron chi connectivity index (χ3n) is 5.56. The molecule has 1 aliphatic heterocycles. The Hall–Kier alpha value is -0.0213. The zero-order chi connectivity index (χ0) is 15.9. The standard InChI is InChI=1S/C8H7O.3C4H9.Sn/c1-2-4-7(5-3-1)8-6-9-8;3*1-3-4-2;/h1-5H,6H2;3*1,3-4H2,2H3;. The second-order valence-electron chi connectivity index (χ2n) is 7.07. The van der Waals surface area contributed by atoms with Crippen molar-refractivity contribution in [3.63, 3.8) is 0 Å². The van der Waals surface area contributed by atoms with Crippen LogP contribution in [0.4, 0.5) is 0 Å². The van der Waals surface area contributed by atoms with Crippen molar-refractivity contribution in [1.29, 1.82) is 0 Å². The van der Waals surface area contributed by atoms with Crippen molar-refractivity contribution in [3.05, 3.63) is 35.9 Å². The van der Waals surface area contributed by atoms with Crippen molar-refractivity contribution in [3.8, 4) is 0 Å². The molecule has 0 aromatic heterocycles. The molecular formula is C20H34OSn. The first-order valence-corrected chi connectivity index (χ1v) is 16.9. The number of hydrogen-bond donors (Lipinski definition) is 0. The van der Waals surface area contributed by atoms with Crippen molar-refractivity contribution in [2.75, 3.05) is 6.61 Å². The van der Waals surface area contributed by atoms with E-state index in [2.05, 4.69) is 51.1 Å². The van der Waals surface area contributed by atoms with Crippen LogP contribution in [0.1, 0.15) is 64.9 Å². The number of ether oxygens (including phenoxy) is 1. The van der Waals surface area contributed by atoms with Gasteiger partial charge in [-0.25, -0.2) is 0 Å². The van der Waals surface area contributed by atoms with Crippen molar-refractivity contribution < 1.29 is 4.74 Å². The molecule has 1 aromatic carbocycles. The van der Waals surface area contributed by atoms with Crippen LogP contribution >= 0.6 is 0 Å². The molecule has 1 saturated heterocycles. The van der Waals surface area contributed by atoms with E-state index >= 15 is 0 Å². The summed E-state index contributed by atoms with van der Waals surface area (Å²) in [7, 11) is 0. The number of hydrogen-bond acceptors (Lipinski definition) is 1. The van der Waals surface area contributed by atoms with E-state index in [1.807, 2.05) is 0 Å². The van der Waals surface area contributed by atoms with Crippen LogP contribution in [0.2, 0.25) is 13.3 Å². The Bertz CT molecular complexity index is 403. The molecule has 0 aliphatic carbocycles. The molecule has 0 spiro atoms. The molecule has 124 valence electrons. The van der Waals surface area contributed by atoms with Crippen molar-refractivity contribution in [2.45, 2.75) is 76.2 Å². The van der Waals surface area contributed by atoms with Gasteiger partial charge in [-0.1, -0.05) is 0 Å². The van der Waals surface area contributed by atoms with Gasteiger partial charge in [0.05, 0.1) is 0 Å². The van der Waals surface area contributed by atoms with Gasteiger partial charge in [0, 0.05) is 0 Å². The first-order chi connectivity index (χ1) is 10.7. The Labute approximate surface area is 141 Å². The average molecular weight is 409 g/mol. The Morgan fingerprint density at radius 3 is 1.68 bits per heavy atom. The van der Waals surface area contributed by atoms with E-state index in [0.29, 0.717) is 0 Å². The van der Waals surface area contributed by atoms with E-state index in [0.717, 1.165) is 6.61 Å². The summed E-state index contributed by atoms with van der Waals surface area (Å²) < 4.78 is 11.1. The van der Waals surface area contributed by atoms with Crippen LogP contribution in [0, 0.1) is 0 Å². The van der Waals surface area contributed by atoms with Crippen molar-refractivity contribution in [1.82, 2.24) is 0 Å². The van der Waals surface area contributed by atoms with E-state index in [4.69, 9.17) is 4.74 Å². The molecule has 0 N–H and O–H groups in total. The summed E-state index contributed by atoms with van der Waals surface area (Å²) in [5.41, 5.74) is 1.51. The van der Waals surface area contributed by atoms with E-state index in [1.54, 1.807) is 0 Å². The molecule has 1 aromatic rings. The second-order valence-corrected chi connectivity index (χ2v) is 21.0. The van der Waals surface area contributed by atoms with Crippen LogP contribution in [0.3, 0.4) is 0 Å². The molecule has 1 fully saturated rings. The molecule has 1 nitrogen and oxygen atoms in total. The van der Waals surface area contributed by atoms with Crippen LogP contribution in [0.5, 0.6) is 0 Å². The van der Waals surface area contributed by atoms with Gasteiger partial charge in [0.2, 0.25) is 0 Å².